The van der Waals surface area contributed by atoms with Gasteiger partial charge >= 0.3 is 0 Å². The SMILES string of the molecule is CC(=O)[C@@H](Cc1ccccc1)NC(=O)C[NH+](C)CC(=O)Nc1ccc(Cl)cc1. The van der Waals surface area contributed by atoms with Crippen LogP contribution in [-0.2, 0) is 20.8 Å². The maximum Gasteiger partial charge on any atom is 0.279 e. The summed E-state index contributed by atoms with van der Waals surface area (Å²) in [4.78, 5) is 37.0. The largest absolute Gasteiger partial charge is 0.341 e. The van der Waals surface area contributed by atoms with E-state index in [2.05, 4.69) is 10.6 Å². The molecule has 3 N–H and O–H groups in total. The Bertz CT molecular complexity index is 809. The smallest absolute Gasteiger partial charge is 0.279 e. The van der Waals surface area contributed by atoms with Gasteiger partial charge in [-0.3, -0.25) is 14.4 Å². The Kier molecular flexibility index (Phi) is 8.17. The van der Waals surface area contributed by atoms with Crippen molar-refractivity contribution in [2.24, 2.45) is 0 Å². The predicted octanol–water partition coefficient (Wildman–Crippen LogP) is 1.11. The van der Waals surface area contributed by atoms with Gasteiger partial charge in [-0.05, 0) is 43.2 Å². The summed E-state index contributed by atoms with van der Waals surface area (Å²) in [5.41, 5.74) is 1.62. The number of rotatable bonds is 9. The molecule has 2 amide bonds. The topological polar surface area (TPSA) is 79.7 Å². The monoisotopic (exact) mass is 402 g/mol. The average molecular weight is 403 g/mol. The van der Waals surface area contributed by atoms with Crippen LogP contribution in [-0.4, -0.2) is 43.8 Å². The highest BCUT2D eigenvalue weighted by atomic mass is 35.5. The Morgan fingerprint density at radius 2 is 1.57 bits per heavy atom. The lowest BCUT2D eigenvalue weighted by atomic mass is 10.0. The van der Waals surface area contributed by atoms with Gasteiger partial charge in [0.05, 0.1) is 13.1 Å². The van der Waals surface area contributed by atoms with E-state index in [0.29, 0.717) is 22.0 Å². The molecule has 0 aliphatic carbocycles. The first kappa shape index (κ1) is 21.6. The lowest BCUT2D eigenvalue weighted by molar-refractivity contribution is -0.862. The Balaban J connectivity index is 1.82. The van der Waals surface area contributed by atoms with Gasteiger partial charge in [0.15, 0.2) is 18.9 Å². The van der Waals surface area contributed by atoms with E-state index in [9.17, 15) is 14.4 Å². The van der Waals surface area contributed by atoms with Crippen LogP contribution in [0.2, 0.25) is 5.02 Å². The second-order valence-corrected chi connectivity index (χ2v) is 7.22. The van der Waals surface area contributed by atoms with Gasteiger partial charge in [0.2, 0.25) is 0 Å². The van der Waals surface area contributed by atoms with Gasteiger partial charge in [-0.15, -0.1) is 0 Å². The van der Waals surface area contributed by atoms with Gasteiger partial charge < -0.3 is 15.5 Å². The Morgan fingerprint density at radius 1 is 0.964 bits per heavy atom. The number of carbonyl (C=O) groups excluding carboxylic acids is 3. The number of benzene rings is 2. The molecule has 0 aliphatic rings. The van der Waals surface area contributed by atoms with Gasteiger partial charge in [0.1, 0.15) is 0 Å². The highest BCUT2D eigenvalue weighted by Crippen LogP contribution is 2.12. The molecule has 28 heavy (non-hydrogen) atoms. The number of anilines is 1. The van der Waals surface area contributed by atoms with Crippen LogP contribution in [0.3, 0.4) is 0 Å². The summed E-state index contributed by atoms with van der Waals surface area (Å²) in [6, 6.07) is 15.8. The molecule has 0 saturated carbocycles. The third-order valence-corrected chi connectivity index (χ3v) is 4.41. The first-order valence-corrected chi connectivity index (χ1v) is 9.41. The van der Waals surface area contributed by atoms with E-state index in [1.807, 2.05) is 30.3 Å². The van der Waals surface area contributed by atoms with Gasteiger partial charge in [-0.2, -0.15) is 0 Å². The number of hydrogen-bond donors (Lipinski definition) is 3. The van der Waals surface area contributed by atoms with Crippen molar-refractivity contribution in [2.45, 2.75) is 19.4 Å². The summed E-state index contributed by atoms with van der Waals surface area (Å²) < 4.78 is 0. The minimum atomic E-state index is -0.578. The molecule has 7 heteroatoms. The van der Waals surface area contributed by atoms with Crippen LogP contribution in [0.5, 0.6) is 0 Å². The average Bonchev–Trinajstić information content (AvgIpc) is 2.63. The maximum atomic E-state index is 12.3. The van der Waals surface area contributed by atoms with E-state index >= 15 is 0 Å². The van der Waals surface area contributed by atoms with Crippen LogP contribution >= 0.6 is 11.6 Å². The minimum Gasteiger partial charge on any atom is -0.341 e. The second kappa shape index (κ2) is 10.6. The predicted molar refractivity (Wildman–Crippen MR) is 109 cm³/mol. The summed E-state index contributed by atoms with van der Waals surface area (Å²) in [6.45, 7) is 1.68. The van der Waals surface area contributed by atoms with Crippen LogP contribution in [0.25, 0.3) is 0 Å². The molecule has 0 heterocycles. The van der Waals surface area contributed by atoms with E-state index in [4.69, 9.17) is 11.6 Å². The molecule has 0 aliphatic heterocycles. The van der Waals surface area contributed by atoms with Crippen LogP contribution in [0.4, 0.5) is 5.69 Å². The summed E-state index contributed by atoms with van der Waals surface area (Å²) in [5.74, 6) is -0.580. The highest BCUT2D eigenvalue weighted by molar-refractivity contribution is 6.30. The van der Waals surface area contributed by atoms with E-state index in [-0.39, 0.29) is 30.7 Å². The molecule has 0 radical (unpaired) electrons. The zero-order chi connectivity index (χ0) is 20.5. The number of carbonyl (C=O) groups is 3. The quantitative estimate of drug-likeness (QED) is 0.588. The third-order valence-electron chi connectivity index (χ3n) is 4.16. The number of halogens is 1. The van der Waals surface area contributed by atoms with Crippen molar-refractivity contribution >= 4 is 34.9 Å². The molecule has 0 fully saturated rings. The van der Waals surface area contributed by atoms with Crippen molar-refractivity contribution in [1.29, 1.82) is 0 Å². The Hall–Kier alpha value is -2.70. The lowest BCUT2D eigenvalue weighted by Crippen LogP contribution is -3.11. The van der Waals surface area contributed by atoms with E-state index in [1.54, 1.807) is 31.3 Å². The van der Waals surface area contributed by atoms with E-state index in [0.717, 1.165) is 5.56 Å². The van der Waals surface area contributed by atoms with Crippen LogP contribution in [0, 0.1) is 0 Å². The molecule has 1 unspecified atom stereocenters. The van der Waals surface area contributed by atoms with Gasteiger partial charge in [-0.1, -0.05) is 41.9 Å². The first-order chi connectivity index (χ1) is 13.3. The maximum absolute atomic E-state index is 12.3. The number of amides is 2. The van der Waals surface area contributed by atoms with Crippen LogP contribution < -0.4 is 15.5 Å². The lowest BCUT2D eigenvalue weighted by Gasteiger charge is -2.18. The summed E-state index contributed by atoms with van der Waals surface area (Å²) in [5, 5.41) is 6.12. The van der Waals surface area contributed by atoms with Crippen molar-refractivity contribution in [1.82, 2.24) is 5.32 Å². The fourth-order valence-corrected chi connectivity index (χ4v) is 2.87. The second-order valence-electron chi connectivity index (χ2n) is 6.79. The molecular weight excluding hydrogens is 378 g/mol. The number of Topliss-reactive ketones (excluding diaryl/α,β-unsaturated/α-hetero) is 1. The van der Waals surface area contributed by atoms with Crippen molar-refractivity contribution in [2.75, 3.05) is 25.5 Å². The summed E-state index contributed by atoms with van der Waals surface area (Å²) in [6.07, 6.45) is 0.442. The molecule has 2 rings (SSSR count). The number of quaternary nitrogens is 1. The number of likely N-dealkylation sites (N-methyl/N-ethyl adjacent to an activating group) is 1. The van der Waals surface area contributed by atoms with Crippen LogP contribution in [0.1, 0.15) is 12.5 Å². The summed E-state index contributed by atoms with van der Waals surface area (Å²) in [7, 11) is 1.75. The van der Waals surface area contributed by atoms with Crippen molar-refractivity contribution in [3.8, 4) is 0 Å². The molecule has 0 spiro atoms. The Morgan fingerprint density at radius 3 is 2.18 bits per heavy atom. The fourth-order valence-electron chi connectivity index (χ4n) is 2.74. The van der Waals surface area contributed by atoms with E-state index < -0.39 is 6.04 Å². The van der Waals surface area contributed by atoms with Crippen molar-refractivity contribution in [3.63, 3.8) is 0 Å². The molecule has 0 bridgehead atoms. The van der Waals surface area contributed by atoms with Crippen molar-refractivity contribution < 1.29 is 19.3 Å². The fraction of sp³-hybridized carbons (Fsp3) is 0.286. The molecular formula is C21H25ClN3O3+. The molecule has 2 atom stereocenters. The van der Waals surface area contributed by atoms with Gasteiger partial charge in [0.25, 0.3) is 11.8 Å². The minimum absolute atomic E-state index is 0.0899. The van der Waals surface area contributed by atoms with Gasteiger partial charge in [0, 0.05) is 10.7 Å². The van der Waals surface area contributed by atoms with Crippen LogP contribution in [0.15, 0.2) is 54.6 Å². The normalized spacial score (nSPS) is 12.7. The first-order valence-electron chi connectivity index (χ1n) is 9.04. The standard InChI is InChI=1S/C21H24ClN3O3/c1-15(26)19(12-16-6-4-3-5-7-16)24-21(28)14-25(2)13-20(27)23-18-10-8-17(22)9-11-18/h3-11,19H,12-14H2,1-2H3,(H,23,27)(H,24,28)/p+1/t19-/m1/s1. The zero-order valence-electron chi connectivity index (χ0n) is 16.0. The number of nitrogens with one attached hydrogen (secondary N) is 3. The summed E-state index contributed by atoms with van der Waals surface area (Å²) >= 11 is 5.82. The molecule has 148 valence electrons. The zero-order valence-corrected chi connectivity index (χ0v) is 16.8. The molecule has 6 nitrogen and oxygen atoms in total. The third kappa shape index (κ3) is 7.50. The molecule has 2 aromatic carbocycles. The molecule has 2 aromatic rings. The highest BCUT2D eigenvalue weighted by Gasteiger charge is 2.20. The van der Waals surface area contributed by atoms with E-state index in [1.165, 1.54) is 6.92 Å². The number of hydrogen-bond acceptors (Lipinski definition) is 3. The molecule has 0 saturated heterocycles. The van der Waals surface area contributed by atoms with Crippen molar-refractivity contribution in [3.05, 3.63) is 65.2 Å². The number of ketones is 1. The van der Waals surface area contributed by atoms with Gasteiger partial charge in [-0.25, -0.2) is 0 Å². The Labute approximate surface area is 169 Å². The molecule has 0 aromatic heterocycles.